The summed E-state index contributed by atoms with van der Waals surface area (Å²) < 4.78 is 7.02. The smallest absolute Gasteiger partial charge is 0.0897 e. The lowest BCUT2D eigenvalue weighted by Gasteiger charge is -2.41. The highest BCUT2D eigenvalue weighted by atomic mass is 79.9. The molecule has 5 heteroatoms. The van der Waals surface area contributed by atoms with Crippen molar-refractivity contribution in [2.45, 2.75) is 31.0 Å². The monoisotopic (exact) mass is 325 g/mol. The van der Waals surface area contributed by atoms with Gasteiger partial charge in [-0.15, -0.1) is 0 Å². The van der Waals surface area contributed by atoms with E-state index in [1.165, 1.54) is 18.4 Å². The lowest BCUT2D eigenvalue weighted by molar-refractivity contribution is -0.0741. The van der Waals surface area contributed by atoms with Crippen molar-refractivity contribution in [1.29, 1.82) is 0 Å². The molecule has 0 aromatic carbocycles. The molecule has 1 aromatic heterocycles. The van der Waals surface area contributed by atoms with Crippen molar-refractivity contribution in [2.24, 2.45) is 0 Å². The summed E-state index contributed by atoms with van der Waals surface area (Å²) in [6.07, 6.45) is 6.66. The highest BCUT2D eigenvalue weighted by Gasteiger charge is 2.41. The van der Waals surface area contributed by atoms with E-state index in [-0.39, 0.29) is 6.10 Å². The number of halogens is 1. The maximum absolute atomic E-state index is 5.99. The summed E-state index contributed by atoms with van der Waals surface area (Å²) in [5, 5.41) is 3.25. The molecule has 2 aliphatic rings. The average molecular weight is 326 g/mol. The van der Waals surface area contributed by atoms with Crippen LogP contribution in [-0.4, -0.2) is 48.8 Å². The van der Waals surface area contributed by atoms with Crippen LogP contribution in [0.25, 0.3) is 0 Å². The van der Waals surface area contributed by atoms with Crippen molar-refractivity contribution in [3.8, 4) is 0 Å². The second-order valence-corrected chi connectivity index (χ2v) is 6.23. The highest BCUT2D eigenvalue weighted by molar-refractivity contribution is 9.10. The van der Waals surface area contributed by atoms with Gasteiger partial charge in [-0.2, -0.15) is 0 Å². The fourth-order valence-corrected chi connectivity index (χ4v) is 3.32. The number of nitrogens with one attached hydrogen (secondary N) is 1. The van der Waals surface area contributed by atoms with Crippen LogP contribution >= 0.6 is 15.9 Å². The Hall–Kier alpha value is -0.490. The van der Waals surface area contributed by atoms with Crippen LogP contribution in [0.1, 0.15) is 24.4 Å². The Kier molecular flexibility index (Phi) is 4.17. The number of pyridine rings is 1. The Morgan fingerprint density at radius 3 is 3.00 bits per heavy atom. The Labute approximate surface area is 122 Å². The molecule has 2 heterocycles. The molecule has 1 aliphatic heterocycles. The zero-order chi connectivity index (χ0) is 13.2. The van der Waals surface area contributed by atoms with Crippen LogP contribution in [0.5, 0.6) is 0 Å². The number of aromatic nitrogens is 1. The Morgan fingerprint density at radius 2 is 2.32 bits per heavy atom. The molecule has 1 saturated heterocycles. The third-order valence-electron chi connectivity index (χ3n) is 3.88. The second-order valence-electron chi connectivity index (χ2n) is 5.32. The van der Waals surface area contributed by atoms with Gasteiger partial charge >= 0.3 is 0 Å². The number of likely N-dealkylation sites (N-methyl/N-ethyl adjacent to an activating group) is 1. The van der Waals surface area contributed by atoms with Crippen LogP contribution in [-0.2, 0) is 4.74 Å². The molecule has 0 radical (unpaired) electrons. The molecule has 0 amide bonds. The molecule has 1 N–H and O–H groups in total. The largest absolute Gasteiger partial charge is 0.374 e. The van der Waals surface area contributed by atoms with Gasteiger partial charge in [-0.05, 0) is 47.4 Å². The minimum atomic E-state index is 0.204. The molecule has 104 valence electrons. The first-order valence-corrected chi connectivity index (χ1v) is 7.71. The summed E-state index contributed by atoms with van der Waals surface area (Å²) in [7, 11) is 1.98. The van der Waals surface area contributed by atoms with Crippen molar-refractivity contribution < 1.29 is 4.74 Å². The number of nitrogens with zero attached hydrogens (tertiary/aromatic N) is 2. The van der Waals surface area contributed by atoms with Gasteiger partial charge in [0.2, 0.25) is 0 Å². The van der Waals surface area contributed by atoms with E-state index in [4.69, 9.17) is 4.74 Å². The van der Waals surface area contributed by atoms with Crippen molar-refractivity contribution >= 4 is 15.9 Å². The lowest BCUT2D eigenvalue weighted by atomic mass is 9.99. The molecule has 0 spiro atoms. The van der Waals surface area contributed by atoms with Crippen LogP contribution in [0.2, 0.25) is 0 Å². The molecule has 2 unspecified atom stereocenters. The predicted molar refractivity (Wildman–Crippen MR) is 78.1 cm³/mol. The first-order chi connectivity index (χ1) is 9.29. The van der Waals surface area contributed by atoms with Gasteiger partial charge in [0.05, 0.1) is 18.8 Å². The zero-order valence-corrected chi connectivity index (χ0v) is 12.8. The predicted octanol–water partition coefficient (Wildman–Crippen LogP) is 1.97. The van der Waals surface area contributed by atoms with E-state index >= 15 is 0 Å². The van der Waals surface area contributed by atoms with E-state index in [1.807, 2.05) is 19.4 Å². The summed E-state index contributed by atoms with van der Waals surface area (Å²) in [4.78, 5) is 6.92. The topological polar surface area (TPSA) is 37.4 Å². The summed E-state index contributed by atoms with van der Waals surface area (Å²) in [6.45, 7) is 2.74. The maximum atomic E-state index is 5.99. The van der Waals surface area contributed by atoms with E-state index in [1.54, 1.807) is 0 Å². The molecule has 1 aromatic rings. The van der Waals surface area contributed by atoms with Gasteiger partial charge in [-0.1, -0.05) is 0 Å². The molecule has 1 aliphatic carbocycles. The molecule has 2 atom stereocenters. The van der Waals surface area contributed by atoms with Crippen molar-refractivity contribution in [3.05, 3.63) is 28.5 Å². The number of hydrogen-bond donors (Lipinski definition) is 1. The summed E-state index contributed by atoms with van der Waals surface area (Å²) in [5.41, 5.74) is 1.25. The fraction of sp³-hybridized carbons (Fsp3) is 0.643. The molecule has 4 nitrogen and oxygen atoms in total. The molecular weight excluding hydrogens is 306 g/mol. The minimum absolute atomic E-state index is 0.204. The van der Waals surface area contributed by atoms with Gasteiger partial charge in [0.1, 0.15) is 0 Å². The quantitative estimate of drug-likeness (QED) is 0.918. The van der Waals surface area contributed by atoms with Crippen molar-refractivity contribution in [3.63, 3.8) is 0 Å². The molecule has 19 heavy (non-hydrogen) atoms. The number of hydrogen-bond acceptors (Lipinski definition) is 4. The van der Waals surface area contributed by atoms with Crippen LogP contribution in [0.3, 0.4) is 0 Å². The van der Waals surface area contributed by atoms with Gasteiger partial charge < -0.3 is 10.1 Å². The van der Waals surface area contributed by atoms with Crippen LogP contribution < -0.4 is 5.32 Å². The summed E-state index contributed by atoms with van der Waals surface area (Å²) in [6, 6.07) is 3.23. The minimum Gasteiger partial charge on any atom is -0.374 e. The first-order valence-electron chi connectivity index (χ1n) is 6.92. The van der Waals surface area contributed by atoms with E-state index in [9.17, 15) is 0 Å². The summed E-state index contributed by atoms with van der Waals surface area (Å²) in [5.74, 6) is 0. The second kappa shape index (κ2) is 5.87. The first kappa shape index (κ1) is 13.5. The third-order valence-corrected chi connectivity index (χ3v) is 4.31. The van der Waals surface area contributed by atoms with Crippen LogP contribution in [0, 0.1) is 0 Å². The standard InChI is InChI=1S/C14H20BrN3O/c1-16-9-13-14(10-6-11(15)8-17-7-10)18(4-5-19-13)12-2-3-12/h6-8,12-14,16H,2-5,9H2,1H3. The van der Waals surface area contributed by atoms with Crippen molar-refractivity contribution in [2.75, 3.05) is 26.7 Å². The van der Waals surface area contributed by atoms with E-state index in [0.29, 0.717) is 6.04 Å². The molecule has 0 bridgehead atoms. The van der Waals surface area contributed by atoms with Gasteiger partial charge in [0, 0.05) is 36.0 Å². The van der Waals surface area contributed by atoms with E-state index in [0.717, 1.165) is 30.2 Å². The van der Waals surface area contributed by atoms with Gasteiger partial charge in [0.15, 0.2) is 0 Å². The summed E-state index contributed by atoms with van der Waals surface area (Å²) >= 11 is 3.52. The molecule has 3 rings (SSSR count). The SMILES string of the molecule is CNCC1OCCN(C2CC2)C1c1cncc(Br)c1. The normalized spacial score (nSPS) is 28.5. The molecule has 1 saturated carbocycles. The lowest BCUT2D eigenvalue weighted by Crippen LogP contribution is -2.49. The third kappa shape index (κ3) is 2.99. The van der Waals surface area contributed by atoms with E-state index < -0.39 is 0 Å². The molecular formula is C14H20BrN3O. The Bertz CT molecular complexity index is 436. The Morgan fingerprint density at radius 1 is 1.47 bits per heavy atom. The highest BCUT2D eigenvalue weighted by Crippen LogP contribution is 2.38. The average Bonchev–Trinajstić information content (AvgIpc) is 3.23. The van der Waals surface area contributed by atoms with Crippen LogP contribution in [0.15, 0.2) is 22.9 Å². The maximum Gasteiger partial charge on any atom is 0.0897 e. The van der Waals surface area contributed by atoms with Gasteiger partial charge in [-0.3, -0.25) is 9.88 Å². The number of ether oxygens (including phenoxy) is 1. The molecule has 2 fully saturated rings. The number of morpholine rings is 1. The van der Waals surface area contributed by atoms with Crippen molar-refractivity contribution in [1.82, 2.24) is 15.2 Å². The fourth-order valence-electron chi connectivity index (χ4n) is 2.94. The van der Waals surface area contributed by atoms with Gasteiger partial charge in [-0.25, -0.2) is 0 Å². The van der Waals surface area contributed by atoms with Crippen LogP contribution in [0.4, 0.5) is 0 Å². The zero-order valence-electron chi connectivity index (χ0n) is 11.2. The van der Waals surface area contributed by atoms with Gasteiger partial charge in [0.25, 0.3) is 0 Å². The van der Waals surface area contributed by atoms with E-state index in [2.05, 4.69) is 37.2 Å². The number of rotatable bonds is 4. The Balaban J connectivity index is 1.89.